The second-order valence-corrected chi connectivity index (χ2v) is 10.8. The first-order valence-corrected chi connectivity index (χ1v) is 12.5. The zero-order valence-electron chi connectivity index (χ0n) is 18.1. The Morgan fingerprint density at radius 1 is 1.22 bits per heavy atom. The van der Waals surface area contributed by atoms with E-state index in [4.69, 9.17) is 9.97 Å². The Kier molecular flexibility index (Phi) is 5.44. The van der Waals surface area contributed by atoms with Crippen LogP contribution in [0.2, 0.25) is 0 Å². The summed E-state index contributed by atoms with van der Waals surface area (Å²) in [4.78, 5) is 12.3. The van der Waals surface area contributed by atoms with Gasteiger partial charge in [0.05, 0.1) is 28.6 Å². The van der Waals surface area contributed by atoms with E-state index in [0.29, 0.717) is 34.8 Å². The van der Waals surface area contributed by atoms with Crippen molar-refractivity contribution in [3.05, 3.63) is 41.1 Å². The van der Waals surface area contributed by atoms with Gasteiger partial charge < -0.3 is 15.3 Å². The number of alkyl halides is 2. The standard InChI is InChI=1S/C23H28F2N4O2S/c1-22(24,25)17-4-2-15(3-5-17)16-6-11-29(12-7-16)21-26-18-8-13-32(31)19(18)20(27-21)28-23(14-30)9-10-23/h2-5,16,30H,6-14H2,1H3,(H,26,27,28). The molecule has 5 rings (SSSR count). The molecule has 3 heterocycles. The molecule has 32 heavy (non-hydrogen) atoms. The smallest absolute Gasteiger partial charge is 0.270 e. The molecule has 2 aromatic rings. The number of hydrogen-bond donors (Lipinski definition) is 2. The largest absolute Gasteiger partial charge is 0.394 e. The Morgan fingerprint density at radius 2 is 1.91 bits per heavy atom. The van der Waals surface area contributed by atoms with Crippen LogP contribution in [0.5, 0.6) is 0 Å². The minimum Gasteiger partial charge on any atom is -0.394 e. The number of aliphatic hydroxyl groups is 1. The summed E-state index contributed by atoms with van der Waals surface area (Å²) in [5.74, 6) is -0.709. The van der Waals surface area contributed by atoms with Gasteiger partial charge in [0.15, 0.2) is 0 Å². The van der Waals surface area contributed by atoms with Gasteiger partial charge in [-0.05, 0) is 37.2 Å². The van der Waals surface area contributed by atoms with Gasteiger partial charge in [0.2, 0.25) is 5.95 Å². The molecule has 1 saturated carbocycles. The normalized spacial score (nSPS) is 22.6. The molecule has 0 bridgehead atoms. The third-order valence-electron chi connectivity index (χ3n) is 6.88. The van der Waals surface area contributed by atoms with Gasteiger partial charge in [-0.2, -0.15) is 4.98 Å². The number of anilines is 2. The predicted molar refractivity (Wildman–Crippen MR) is 120 cm³/mol. The van der Waals surface area contributed by atoms with Crippen LogP contribution < -0.4 is 10.2 Å². The maximum absolute atomic E-state index is 13.5. The van der Waals surface area contributed by atoms with E-state index in [1.54, 1.807) is 0 Å². The first kappa shape index (κ1) is 21.7. The number of aromatic nitrogens is 2. The highest BCUT2D eigenvalue weighted by Crippen LogP contribution is 2.41. The van der Waals surface area contributed by atoms with Crippen molar-refractivity contribution >= 4 is 22.6 Å². The quantitative estimate of drug-likeness (QED) is 0.683. The number of fused-ring (bicyclic) bond motifs is 1. The minimum absolute atomic E-state index is 0.0297. The Balaban J connectivity index is 1.32. The zero-order chi connectivity index (χ0) is 22.5. The molecule has 2 N–H and O–H groups in total. The van der Waals surface area contributed by atoms with E-state index in [0.717, 1.165) is 57.0 Å². The first-order chi connectivity index (χ1) is 15.3. The van der Waals surface area contributed by atoms with Gasteiger partial charge in [0.1, 0.15) is 10.7 Å². The molecule has 0 amide bonds. The summed E-state index contributed by atoms with van der Waals surface area (Å²) in [6.45, 7) is 2.48. The fraction of sp³-hybridized carbons (Fsp3) is 0.565. The van der Waals surface area contributed by atoms with Crippen molar-refractivity contribution in [3.63, 3.8) is 0 Å². The summed E-state index contributed by atoms with van der Waals surface area (Å²) >= 11 is 0. The molecule has 0 radical (unpaired) electrons. The van der Waals surface area contributed by atoms with E-state index in [1.165, 1.54) is 12.1 Å². The van der Waals surface area contributed by atoms with Gasteiger partial charge in [0.25, 0.3) is 5.92 Å². The molecule has 1 atom stereocenters. The van der Waals surface area contributed by atoms with Crippen molar-refractivity contribution in [1.82, 2.24) is 9.97 Å². The van der Waals surface area contributed by atoms with Crippen molar-refractivity contribution in [2.45, 2.75) is 61.3 Å². The molecule has 1 aromatic heterocycles. The van der Waals surface area contributed by atoms with Gasteiger partial charge in [-0.3, -0.25) is 4.21 Å². The summed E-state index contributed by atoms with van der Waals surface area (Å²) in [5.41, 5.74) is 1.62. The average Bonchev–Trinajstić information content (AvgIpc) is 3.46. The number of halogens is 2. The van der Waals surface area contributed by atoms with Crippen LogP contribution in [0.1, 0.15) is 55.3 Å². The summed E-state index contributed by atoms with van der Waals surface area (Å²) < 4.78 is 39.5. The molecule has 1 aromatic carbocycles. The molecular weight excluding hydrogens is 434 g/mol. The molecular formula is C23H28F2N4O2S. The Hall–Kier alpha value is -2.13. The summed E-state index contributed by atoms with van der Waals surface area (Å²) in [5, 5.41) is 13.1. The highest BCUT2D eigenvalue weighted by Gasteiger charge is 2.44. The van der Waals surface area contributed by atoms with Crippen molar-refractivity contribution in [1.29, 1.82) is 0 Å². The van der Waals surface area contributed by atoms with E-state index < -0.39 is 16.7 Å². The van der Waals surface area contributed by atoms with Crippen LogP contribution in [0.3, 0.4) is 0 Å². The molecule has 2 fully saturated rings. The van der Waals surface area contributed by atoms with E-state index in [2.05, 4.69) is 10.2 Å². The summed E-state index contributed by atoms with van der Waals surface area (Å²) in [6.07, 6.45) is 4.19. The van der Waals surface area contributed by atoms with Gasteiger partial charge in [-0.25, -0.2) is 13.8 Å². The van der Waals surface area contributed by atoms with E-state index in [-0.39, 0.29) is 17.7 Å². The molecule has 9 heteroatoms. The molecule has 3 aliphatic rings. The molecule has 0 spiro atoms. The zero-order valence-corrected chi connectivity index (χ0v) is 18.9. The predicted octanol–water partition coefficient (Wildman–Crippen LogP) is 3.57. The van der Waals surface area contributed by atoms with Crippen LogP contribution in [-0.4, -0.2) is 50.3 Å². The van der Waals surface area contributed by atoms with Crippen LogP contribution in [0.15, 0.2) is 29.2 Å². The molecule has 6 nitrogen and oxygen atoms in total. The van der Waals surface area contributed by atoms with Gasteiger partial charge in [-0.15, -0.1) is 0 Å². The summed E-state index contributed by atoms with van der Waals surface area (Å²) in [6, 6.07) is 6.69. The lowest BCUT2D eigenvalue weighted by Crippen LogP contribution is -2.35. The van der Waals surface area contributed by atoms with Crippen molar-refractivity contribution < 1.29 is 18.1 Å². The molecule has 1 unspecified atom stereocenters. The van der Waals surface area contributed by atoms with Gasteiger partial charge in [-0.1, -0.05) is 24.3 Å². The van der Waals surface area contributed by atoms with Gasteiger partial charge in [0, 0.05) is 37.8 Å². The number of nitrogens with one attached hydrogen (secondary N) is 1. The fourth-order valence-corrected chi connectivity index (χ4v) is 5.90. The fourth-order valence-electron chi connectivity index (χ4n) is 4.60. The number of aliphatic hydroxyl groups excluding tert-OH is 1. The highest BCUT2D eigenvalue weighted by atomic mass is 32.2. The maximum atomic E-state index is 13.5. The van der Waals surface area contributed by atoms with Gasteiger partial charge >= 0.3 is 0 Å². The number of aryl methyl sites for hydroxylation is 1. The lowest BCUT2D eigenvalue weighted by Gasteiger charge is -2.33. The molecule has 1 saturated heterocycles. The van der Waals surface area contributed by atoms with E-state index in [1.807, 2.05) is 12.1 Å². The van der Waals surface area contributed by atoms with Crippen molar-refractivity contribution in [3.8, 4) is 0 Å². The van der Waals surface area contributed by atoms with Crippen molar-refractivity contribution in [2.24, 2.45) is 0 Å². The first-order valence-electron chi connectivity index (χ1n) is 11.2. The molecule has 172 valence electrons. The topological polar surface area (TPSA) is 78.3 Å². The lowest BCUT2D eigenvalue weighted by atomic mass is 9.89. The van der Waals surface area contributed by atoms with E-state index in [9.17, 15) is 18.1 Å². The van der Waals surface area contributed by atoms with Crippen molar-refractivity contribution in [2.75, 3.05) is 35.7 Å². The van der Waals surface area contributed by atoms with E-state index >= 15 is 0 Å². The number of rotatable bonds is 6. The van der Waals surface area contributed by atoms with Crippen LogP contribution in [0.4, 0.5) is 20.5 Å². The lowest BCUT2D eigenvalue weighted by molar-refractivity contribution is 0.0174. The molecule has 1 aliphatic carbocycles. The van der Waals surface area contributed by atoms with Crippen LogP contribution in [0, 0.1) is 0 Å². The number of benzene rings is 1. The number of hydrogen-bond acceptors (Lipinski definition) is 6. The maximum Gasteiger partial charge on any atom is 0.270 e. The Bertz CT molecular complexity index is 1030. The number of piperidine rings is 1. The van der Waals surface area contributed by atoms with Crippen LogP contribution in [0.25, 0.3) is 0 Å². The second-order valence-electron chi connectivity index (χ2n) is 9.28. The highest BCUT2D eigenvalue weighted by molar-refractivity contribution is 7.85. The van der Waals surface area contributed by atoms with Crippen LogP contribution >= 0.6 is 0 Å². The monoisotopic (exact) mass is 462 g/mol. The SMILES string of the molecule is CC(F)(F)c1ccc(C2CCN(c3nc4c(c(NC5(CO)CC5)n3)S(=O)CC4)CC2)cc1. The Labute approximate surface area is 188 Å². The summed E-state index contributed by atoms with van der Waals surface area (Å²) in [7, 11) is -1.11. The number of nitrogens with zero attached hydrogens (tertiary/aromatic N) is 3. The third kappa shape index (κ3) is 4.12. The second kappa shape index (κ2) is 8.02. The Morgan fingerprint density at radius 3 is 2.50 bits per heavy atom. The van der Waals surface area contributed by atoms with Crippen LogP contribution in [-0.2, 0) is 23.1 Å². The average molecular weight is 463 g/mol. The third-order valence-corrected chi connectivity index (χ3v) is 8.34. The minimum atomic E-state index is -2.82. The molecule has 2 aliphatic heterocycles.